The summed E-state index contributed by atoms with van der Waals surface area (Å²) < 4.78 is 5.01. The average Bonchev–Trinajstić information content (AvgIpc) is 2.15. The summed E-state index contributed by atoms with van der Waals surface area (Å²) in [5, 5.41) is 9.76. The van der Waals surface area contributed by atoms with E-state index in [0.717, 1.165) is 45.5 Å². The van der Waals surface area contributed by atoms with Crippen molar-refractivity contribution in [1.29, 1.82) is 0 Å². The van der Waals surface area contributed by atoms with E-state index in [1.54, 1.807) is 7.11 Å². The number of unbranched alkanes of at least 4 members (excludes halogenated alkanes) is 1. The van der Waals surface area contributed by atoms with Crippen LogP contribution in [-0.4, -0.2) is 49.0 Å². The minimum atomic E-state index is -0.414. The second-order valence-corrected chi connectivity index (χ2v) is 4.54. The maximum absolute atomic E-state index is 9.76. The van der Waals surface area contributed by atoms with Crippen LogP contribution >= 0.6 is 0 Å². The van der Waals surface area contributed by atoms with Crippen molar-refractivity contribution in [2.45, 2.75) is 38.2 Å². The predicted molar refractivity (Wildman–Crippen MR) is 57.4 cm³/mol. The summed E-state index contributed by atoms with van der Waals surface area (Å²) in [5.41, 5.74) is -0.414. The molecule has 1 N–H and O–H groups in total. The van der Waals surface area contributed by atoms with Gasteiger partial charge in [-0.2, -0.15) is 0 Å². The Hall–Kier alpha value is -0.120. The van der Waals surface area contributed by atoms with Gasteiger partial charge in [-0.25, -0.2) is 0 Å². The Bertz CT molecular complexity index is 149. The maximum Gasteiger partial charge on any atom is 0.0644 e. The molecule has 1 heterocycles. The Morgan fingerprint density at radius 2 is 1.93 bits per heavy atom. The van der Waals surface area contributed by atoms with Crippen LogP contribution in [0, 0.1) is 0 Å². The van der Waals surface area contributed by atoms with Crippen molar-refractivity contribution in [3.8, 4) is 0 Å². The number of rotatable bonds is 5. The zero-order chi connectivity index (χ0) is 10.4. The first-order valence-corrected chi connectivity index (χ1v) is 5.58. The molecule has 3 nitrogen and oxygen atoms in total. The predicted octanol–water partition coefficient (Wildman–Crippen LogP) is 1.26. The van der Waals surface area contributed by atoms with Crippen LogP contribution in [0.15, 0.2) is 0 Å². The van der Waals surface area contributed by atoms with Crippen LogP contribution in [0.3, 0.4) is 0 Å². The lowest BCUT2D eigenvalue weighted by Gasteiger charge is -2.35. The number of hydrogen-bond donors (Lipinski definition) is 1. The molecule has 1 aliphatic rings. The van der Waals surface area contributed by atoms with Gasteiger partial charge in [0.05, 0.1) is 5.60 Å². The Morgan fingerprint density at radius 1 is 1.29 bits per heavy atom. The molecule has 1 saturated heterocycles. The molecule has 14 heavy (non-hydrogen) atoms. The molecule has 0 spiro atoms. The van der Waals surface area contributed by atoms with Crippen molar-refractivity contribution in [1.82, 2.24) is 4.90 Å². The lowest BCUT2D eigenvalue weighted by molar-refractivity contribution is -0.00583. The number of aliphatic hydroxyl groups is 1. The van der Waals surface area contributed by atoms with Gasteiger partial charge in [0.1, 0.15) is 0 Å². The highest BCUT2D eigenvalue weighted by molar-refractivity contribution is 4.81. The molecule has 1 fully saturated rings. The SMILES string of the molecule is COCCCCN1CCC(C)(O)CC1. The summed E-state index contributed by atoms with van der Waals surface area (Å²) in [6, 6.07) is 0. The highest BCUT2D eigenvalue weighted by Crippen LogP contribution is 2.20. The fourth-order valence-corrected chi connectivity index (χ4v) is 1.84. The molecule has 84 valence electrons. The number of likely N-dealkylation sites (tertiary alicyclic amines) is 1. The molecule has 0 aromatic rings. The van der Waals surface area contributed by atoms with E-state index in [4.69, 9.17) is 4.74 Å². The molecule has 0 bridgehead atoms. The van der Waals surface area contributed by atoms with Crippen LogP contribution in [0.2, 0.25) is 0 Å². The second-order valence-electron chi connectivity index (χ2n) is 4.54. The molecule has 0 aromatic heterocycles. The summed E-state index contributed by atoms with van der Waals surface area (Å²) in [4.78, 5) is 2.44. The van der Waals surface area contributed by atoms with Gasteiger partial charge in [-0.05, 0) is 39.2 Å². The molecule has 0 aliphatic carbocycles. The van der Waals surface area contributed by atoms with Crippen LogP contribution in [0.1, 0.15) is 32.6 Å². The first-order chi connectivity index (χ1) is 6.64. The third-order valence-corrected chi connectivity index (χ3v) is 3.01. The molecule has 0 saturated carbocycles. The van der Waals surface area contributed by atoms with Crippen LogP contribution in [0.4, 0.5) is 0 Å². The van der Waals surface area contributed by atoms with Crippen molar-refractivity contribution in [3.05, 3.63) is 0 Å². The molecule has 0 atom stereocenters. The van der Waals surface area contributed by atoms with Crippen molar-refractivity contribution < 1.29 is 9.84 Å². The summed E-state index contributed by atoms with van der Waals surface area (Å²) in [7, 11) is 1.75. The van der Waals surface area contributed by atoms with Gasteiger partial charge in [-0.3, -0.25) is 0 Å². The number of hydrogen-bond acceptors (Lipinski definition) is 3. The van der Waals surface area contributed by atoms with Crippen molar-refractivity contribution in [2.75, 3.05) is 33.4 Å². The first kappa shape index (κ1) is 12.0. The smallest absolute Gasteiger partial charge is 0.0644 e. The van der Waals surface area contributed by atoms with Crippen molar-refractivity contribution >= 4 is 0 Å². The van der Waals surface area contributed by atoms with Crippen molar-refractivity contribution in [3.63, 3.8) is 0 Å². The molecular weight excluding hydrogens is 178 g/mol. The quantitative estimate of drug-likeness (QED) is 0.680. The average molecular weight is 201 g/mol. The Balaban J connectivity index is 2.04. The fraction of sp³-hybridized carbons (Fsp3) is 1.00. The van der Waals surface area contributed by atoms with Crippen molar-refractivity contribution in [2.24, 2.45) is 0 Å². The van der Waals surface area contributed by atoms with Gasteiger partial charge in [0.25, 0.3) is 0 Å². The van der Waals surface area contributed by atoms with Gasteiger partial charge in [-0.1, -0.05) is 0 Å². The topological polar surface area (TPSA) is 32.7 Å². The normalized spacial score (nSPS) is 22.5. The Labute approximate surface area is 87.1 Å². The molecule has 0 amide bonds. The molecule has 0 unspecified atom stereocenters. The zero-order valence-corrected chi connectivity index (χ0v) is 9.46. The highest BCUT2D eigenvalue weighted by atomic mass is 16.5. The van der Waals surface area contributed by atoms with Gasteiger partial charge in [0.2, 0.25) is 0 Å². The van der Waals surface area contributed by atoms with Crippen LogP contribution in [0.25, 0.3) is 0 Å². The third kappa shape index (κ3) is 4.40. The number of methoxy groups -OCH3 is 1. The van der Waals surface area contributed by atoms with Gasteiger partial charge in [0.15, 0.2) is 0 Å². The fourth-order valence-electron chi connectivity index (χ4n) is 1.84. The molecule has 3 heteroatoms. The largest absolute Gasteiger partial charge is 0.390 e. The minimum absolute atomic E-state index is 0.414. The van der Waals surface area contributed by atoms with E-state index in [1.807, 2.05) is 6.92 Å². The van der Waals surface area contributed by atoms with E-state index < -0.39 is 5.60 Å². The second kappa shape index (κ2) is 5.69. The Kier molecular flexibility index (Phi) is 4.85. The first-order valence-electron chi connectivity index (χ1n) is 5.58. The van der Waals surface area contributed by atoms with Crippen LogP contribution < -0.4 is 0 Å². The minimum Gasteiger partial charge on any atom is -0.390 e. The molecule has 1 rings (SSSR count). The Morgan fingerprint density at radius 3 is 2.50 bits per heavy atom. The number of piperidine rings is 1. The zero-order valence-electron chi connectivity index (χ0n) is 9.46. The lowest BCUT2D eigenvalue weighted by atomic mass is 9.94. The maximum atomic E-state index is 9.76. The summed E-state index contributed by atoms with van der Waals surface area (Å²) in [6.07, 6.45) is 4.17. The van der Waals surface area contributed by atoms with E-state index in [-0.39, 0.29) is 0 Å². The third-order valence-electron chi connectivity index (χ3n) is 3.01. The van der Waals surface area contributed by atoms with E-state index in [9.17, 15) is 5.11 Å². The molecule has 0 aromatic carbocycles. The molecular formula is C11H23NO2. The standard InChI is InChI=1S/C11H23NO2/c1-11(13)5-8-12(9-6-11)7-3-4-10-14-2/h13H,3-10H2,1-2H3. The summed E-state index contributed by atoms with van der Waals surface area (Å²) >= 11 is 0. The molecule has 0 radical (unpaired) electrons. The van der Waals surface area contributed by atoms with Gasteiger partial charge in [0, 0.05) is 26.8 Å². The monoisotopic (exact) mass is 201 g/mol. The van der Waals surface area contributed by atoms with Crippen LogP contribution in [-0.2, 0) is 4.74 Å². The van der Waals surface area contributed by atoms with E-state index in [1.165, 1.54) is 6.42 Å². The van der Waals surface area contributed by atoms with Crippen LogP contribution in [0.5, 0.6) is 0 Å². The summed E-state index contributed by atoms with van der Waals surface area (Å²) in [5.74, 6) is 0. The van der Waals surface area contributed by atoms with Gasteiger partial charge >= 0.3 is 0 Å². The number of nitrogens with zero attached hydrogens (tertiary/aromatic N) is 1. The van der Waals surface area contributed by atoms with Gasteiger partial charge < -0.3 is 14.7 Å². The van der Waals surface area contributed by atoms with E-state index in [2.05, 4.69) is 4.90 Å². The number of ether oxygens (including phenoxy) is 1. The van der Waals surface area contributed by atoms with E-state index >= 15 is 0 Å². The summed E-state index contributed by atoms with van der Waals surface area (Å²) in [6.45, 7) is 6.04. The molecule has 1 aliphatic heterocycles. The lowest BCUT2D eigenvalue weighted by Crippen LogP contribution is -2.42. The van der Waals surface area contributed by atoms with E-state index in [0.29, 0.717) is 0 Å². The highest BCUT2D eigenvalue weighted by Gasteiger charge is 2.26. The van der Waals surface area contributed by atoms with Gasteiger partial charge in [-0.15, -0.1) is 0 Å².